The molecule has 2 aromatic carbocycles. The molecular formula is C20H17ClFN3O4. The Morgan fingerprint density at radius 1 is 1.17 bits per heavy atom. The molecule has 9 heteroatoms. The number of nitrogens with zero attached hydrogens (tertiary/aromatic N) is 3. The van der Waals surface area contributed by atoms with Crippen molar-refractivity contribution in [3.63, 3.8) is 0 Å². The van der Waals surface area contributed by atoms with Crippen LogP contribution in [0.15, 0.2) is 40.9 Å². The summed E-state index contributed by atoms with van der Waals surface area (Å²) in [5.74, 6) is 0.978. The van der Waals surface area contributed by atoms with Crippen molar-refractivity contribution < 1.29 is 23.2 Å². The Morgan fingerprint density at radius 2 is 1.97 bits per heavy atom. The van der Waals surface area contributed by atoms with Crippen molar-refractivity contribution in [3.8, 4) is 22.9 Å². The zero-order valence-electron chi connectivity index (χ0n) is 15.7. The molecule has 0 bridgehead atoms. The highest BCUT2D eigenvalue weighted by Gasteiger charge is 2.36. The molecule has 2 heterocycles. The van der Waals surface area contributed by atoms with Crippen molar-refractivity contribution in [2.45, 2.75) is 12.3 Å². The number of methoxy groups -OCH3 is 2. The molecule has 3 aromatic rings. The second-order valence-corrected chi connectivity index (χ2v) is 6.93. The van der Waals surface area contributed by atoms with Gasteiger partial charge in [0, 0.05) is 18.5 Å². The molecule has 0 aliphatic carbocycles. The number of halogens is 2. The summed E-state index contributed by atoms with van der Waals surface area (Å²) >= 11 is 6.10. The minimum absolute atomic E-state index is 0.144. The Kier molecular flexibility index (Phi) is 5.10. The summed E-state index contributed by atoms with van der Waals surface area (Å²) in [7, 11) is 3.10. The van der Waals surface area contributed by atoms with E-state index in [0.717, 1.165) is 0 Å². The van der Waals surface area contributed by atoms with Gasteiger partial charge in [-0.1, -0.05) is 16.8 Å². The average Bonchev–Trinajstić information content (AvgIpc) is 3.34. The molecular weight excluding hydrogens is 401 g/mol. The summed E-state index contributed by atoms with van der Waals surface area (Å²) in [4.78, 5) is 18.4. The molecule has 29 heavy (non-hydrogen) atoms. The summed E-state index contributed by atoms with van der Waals surface area (Å²) in [6.45, 7) is 0.317. The molecule has 7 nitrogen and oxygen atoms in total. The summed E-state index contributed by atoms with van der Waals surface area (Å²) in [6.07, 6.45) is 0.196. The Hall–Kier alpha value is -3.13. The van der Waals surface area contributed by atoms with Crippen molar-refractivity contribution in [3.05, 3.63) is 53.1 Å². The Labute approximate surface area is 171 Å². The van der Waals surface area contributed by atoms with Gasteiger partial charge in [0.2, 0.25) is 17.6 Å². The second-order valence-electron chi connectivity index (χ2n) is 6.53. The van der Waals surface area contributed by atoms with Gasteiger partial charge in [-0.2, -0.15) is 4.98 Å². The maximum atomic E-state index is 13.3. The molecule has 1 unspecified atom stereocenters. The number of aromatic nitrogens is 2. The molecule has 1 atom stereocenters. The van der Waals surface area contributed by atoms with Gasteiger partial charge in [-0.15, -0.1) is 0 Å². The molecule has 1 aliphatic heterocycles. The van der Waals surface area contributed by atoms with Crippen LogP contribution in [0.4, 0.5) is 10.1 Å². The van der Waals surface area contributed by atoms with Crippen LogP contribution >= 0.6 is 11.6 Å². The minimum atomic E-state index is -0.460. The minimum Gasteiger partial charge on any atom is -0.493 e. The van der Waals surface area contributed by atoms with Gasteiger partial charge in [0.15, 0.2) is 11.5 Å². The maximum Gasteiger partial charge on any atom is 0.232 e. The number of hydrogen-bond donors (Lipinski definition) is 0. The summed E-state index contributed by atoms with van der Waals surface area (Å²) < 4.78 is 29.2. The lowest BCUT2D eigenvalue weighted by atomic mass is 10.1. The van der Waals surface area contributed by atoms with Crippen molar-refractivity contribution >= 4 is 23.2 Å². The lowest BCUT2D eigenvalue weighted by molar-refractivity contribution is -0.117. The van der Waals surface area contributed by atoms with E-state index >= 15 is 0 Å². The average molecular weight is 418 g/mol. The number of rotatable bonds is 5. The van der Waals surface area contributed by atoms with Crippen LogP contribution in [0.1, 0.15) is 18.2 Å². The Bertz CT molecular complexity index is 1070. The zero-order chi connectivity index (χ0) is 20.5. The van der Waals surface area contributed by atoms with E-state index in [1.165, 1.54) is 23.1 Å². The molecule has 150 valence electrons. The number of anilines is 1. The number of amides is 1. The van der Waals surface area contributed by atoms with Gasteiger partial charge in [0.1, 0.15) is 5.82 Å². The SMILES string of the molecule is COc1ccc(-c2noc(C3CC(=O)N(c4ccc(F)cc4Cl)C3)n2)cc1OC. The first kappa shape index (κ1) is 19.2. The van der Waals surface area contributed by atoms with Crippen LogP contribution in [0, 0.1) is 5.82 Å². The molecule has 1 fully saturated rings. The van der Waals surface area contributed by atoms with Gasteiger partial charge < -0.3 is 18.9 Å². The van der Waals surface area contributed by atoms with Gasteiger partial charge in [0.25, 0.3) is 0 Å². The predicted molar refractivity (Wildman–Crippen MR) is 104 cm³/mol. The lowest BCUT2D eigenvalue weighted by Gasteiger charge is -2.17. The third-order valence-corrected chi connectivity index (χ3v) is 5.06. The molecule has 4 rings (SSSR count). The number of hydrogen-bond acceptors (Lipinski definition) is 6. The number of carbonyl (C=O) groups excluding carboxylic acids is 1. The van der Waals surface area contributed by atoms with Gasteiger partial charge in [-0.05, 0) is 36.4 Å². The quantitative estimate of drug-likeness (QED) is 0.622. The van der Waals surface area contributed by atoms with Crippen LogP contribution in [0.3, 0.4) is 0 Å². The number of carbonyl (C=O) groups is 1. The van der Waals surface area contributed by atoms with Crippen molar-refractivity contribution in [1.29, 1.82) is 0 Å². The van der Waals surface area contributed by atoms with E-state index < -0.39 is 5.82 Å². The second kappa shape index (κ2) is 7.71. The van der Waals surface area contributed by atoms with Crippen LogP contribution in [0.5, 0.6) is 11.5 Å². The smallest absolute Gasteiger partial charge is 0.232 e. The molecule has 0 spiro atoms. The molecule has 1 aliphatic rings. The van der Waals surface area contributed by atoms with E-state index in [1.54, 1.807) is 32.4 Å². The number of ether oxygens (including phenoxy) is 2. The standard InChI is InChI=1S/C20H17ClFN3O4/c1-27-16-6-3-11(7-17(16)28-2)19-23-20(29-24-19)12-8-18(26)25(10-12)15-5-4-13(22)9-14(15)21/h3-7,9,12H,8,10H2,1-2H3. The van der Waals surface area contributed by atoms with Crippen molar-refractivity contribution in [1.82, 2.24) is 10.1 Å². The van der Waals surface area contributed by atoms with Crippen LogP contribution in [0.25, 0.3) is 11.4 Å². The van der Waals surface area contributed by atoms with Crippen LogP contribution in [-0.2, 0) is 4.79 Å². The van der Waals surface area contributed by atoms with E-state index in [0.29, 0.717) is 41.0 Å². The van der Waals surface area contributed by atoms with E-state index in [2.05, 4.69) is 10.1 Å². The van der Waals surface area contributed by atoms with Gasteiger partial charge in [0.05, 0.1) is 30.8 Å². The molecule has 0 radical (unpaired) electrons. The topological polar surface area (TPSA) is 77.7 Å². The zero-order valence-corrected chi connectivity index (χ0v) is 16.4. The van der Waals surface area contributed by atoms with Crippen LogP contribution < -0.4 is 14.4 Å². The molecule has 0 saturated carbocycles. The van der Waals surface area contributed by atoms with Gasteiger partial charge >= 0.3 is 0 Å². The fourth-order valence-corrected chi connectivity index (χ4v) is 3.57. The van der Waals surface area contributed by atoms with Gasteiger partial charge in [-0.3, -0.25) is 4.79 Å². The van der Waals surface area contributed by atoms with E-state index in [-0.39, 0.29) is 23.3 Å². The largest absolute Gasteiger partial charge is 0.493 e. The van der Waals surface area contributed by atoms with Crippen molar-refractivity contribution in [2.24, 2.45) is 0 Å². The van der Waals surface area contributed by atoms with Crippen LogP contribution in [-0.4, -0.2) is 36.8 Å². The fraction of sp³-hybridized carbons (Fsp3) is 0.250. The molecule has 1 aromatic heterocycles. The van der Waals surface area contributed by atoms with Crippen molar-refractivity contribution in [2.75, 3.05) is 25.7 Å². The highest BCUT2D eigenvalue weighted by Crippen LogP contribution is 2.36. The monoisotopic (exact) mass is 417 g/mol. The maximum absolute atomic E-state index is 13.3. The lowest BCUT2D eigenvalue weighted by Crippen LogP contribution is -2.24. The predicted octanol–water partition coefficient (Wildman–Crippen LogP) is 4.07. The highest BCUT2D eigenvalue weighted by atomic mass is 35.5. The third kappa shape index (κ3) is 3.63. The van der Waals surface area contributed by atoms with E-state index in [4.69, 9.17) is 25.6 Å². The summed E-state index contributed by atoms with van der Waals surface area (Å²) in [5.41, 5.74) is 1.15. The molecule has 1 amide bonds. The Morgan fingerprint density at radius 3 is 2.69 bits per heavy atom. The van der Waals surface area contributed by atoms with Crippen LogP contribution in [0.2, 0.25) is 5.02 Å². The first-order valence-corrected chi connectivity index (χ1v) is 9.19. The summed E-state index contributed by atoms with van der Waals surface area (Å²) in [5, 5.41) is 4.20. The number of benzene rings is 2. The summed E-state index contributed by atoms with van der Waals surface area (Å²) in [6, 6.07) is 9.23. The third-order valence-electron chi connectivity index (χ3n) is 4.76. The van der Waals surface area contributed by atoms with Gasteiger partial charge in [-0.25, -0.2) is 4.39 Å². The highest BCUT2D eigenvalue weighted by molar-refractivity contribution is 6.33. The molecule has 0 N–H and O–H groups in total. The normalized spacial score (nSPS) is 16.3. The fourth-order valence-electron chi connectivity index (χ4n) is 3.30. The molecule has 1 saturated heterocycles. The Balaban J connectivity index is 1.57. The van der Waals surface area contributed by atoms with E-state index in [1.807, 2.05) is 0 Å². The first-order chi connectivity index (χ1) is 14.0. The first-order valence-electron chi connectivity index (χ1n) is 8.81. The van der Waals surface area contributed by atoms with E-state index in [9.17, 15) is 9.18 Å².